The van der Waals surface area contributed by atoms with E-state index in [4.69, 9.17) is 4.74 Å². The molecule has 0 aromatic heterocycles. The highest BCUT2D eigenvalue weighted by molar-refractivity contribution is 7.80. The van der Waals surface area contributed by atoms with Crippen LogP contribution < -0.4 is 0 Å². The minimum absolute atomic E-state index is 0.0782. The van der Waals surface area contributed by atoms with Crippen molar-refractivity contribution in [2.24, 2.45) is 5.41 Å². The standard InChI is InChI=1S/C9H18O2S/c1-4-9(5-2,7-12)6-11-8(3)10/h12H,4-7H2,1-3H3. The van der Waals surface area contributed by atoms with E-state index < -0.39 is 0 Å². The highest BCUT2D eigenvalue weighted by Crippen LogP contribution is 2.27. The van der Waals surface area contributed by atoms with Gasteiger partial charge in [-0.15, -0.1) is 0 Å². The molecule has 0 rings (SSSR count). The van der Waals surface area contributed by atoms with E-state index in [9.17, 15) is 4.79 Å². The van der Waals surface area contributed by atoms with Gasteiger partial charge in [0.15, 0.2) is 0 Å². The average Bonchev–Trinajstić information content (AvgIpc) is 2.08. The molecule has 3 heteroatoms. The third-order valence-electron chi connectivity index (χ3n) is 2.42. The molecule has 0 aromatic rings. The molecule has 12 heavy (non-hydrogen) atoms. The normalized spacial score (nSPS) is 11.3. The van der Waals surface area contributed by atoms with Crippen LogP contribution in [-0.4, -0.2) is 18.3 Å². The molecule has 2 nitrogen and oxygen atoms in total. The summed E-state index contributed by atoms with van der Waals surface area (Å²) in [5, 5.41) is 0. The van der Waals surface area contributed by atoms with Gasteiger partial charge in [0.05, 0.1) is 6.61 Å². The van der Waals surface area contributed by atoms with Crippen molar-refractivity contribution in [2.75, 3.05) is 12.4 Å². The molecule has 0 aliphatic rings. The summed E-state index contributed by atoms with van der Waals surface area (Å²) < 4.78 is 4.99. The molecule has 0 aromatic carbocycles. The van der Waals surface area contributed by atoms with Crippen molar-refractivity contribution in [3.63, 3.8) is 0 Å². The lowest BCUT2D eigenvalue weighted by atomic mass is 9.85. The zero-order valence-electron chi connectivity index (χ0n) is 8.09. The molecule has 0 saturated heterocycles. The Labute approximate surface area is 80.1 Å². The van der Waals surface area contributed by atoms with Crippen molar-refractivity contribution in [1.82, 2.24) is 0 Å². The summed E-state index contributed by atoms with van der Waals surface area (Å²) in [6, 6.07) is 0. The molecule has 0 bridgehead atoms. The van der Waals surface area contributed by atoms with Crippen LogP contribution in [0.2, 0.25) is 0 Å². The van der Waals surface area contributed by atoms with Gasteiger partial charge in [-0.2, -0.15) is 12.6 Å². The maximum absolute atomic E-state index is 10.6. The average molecular weight is 190 g/mol. The fraction of sp³-hybridized carbons (Fsp3) is 0.889. The maximum Gasteiger partial charge on any atom is 0.302 e. The number of hydrogen-bond acceptors (Lipinski definition) is 3. The monoisotopic (exact) mass is 190 g/mol. The van der Waals surface area contributed by atoms with Gasteiger partial charge in [-0.25, -0.2) is 0 Å². The first-order valence-electron chi connectivity index (χ1n) is 4.34. The second-order valence-corrected chi connectivity index (χ2v) is 3.46. The van der Waals surface area contributed by atoms with Gasteiger partial charge in [0.1, 0.15) is 0 Å². The van der Waals surface area contributed by atoms with Crippen molar-refractivity contribution in [3.05, 3.63) is 0 Å². The molecular weight excluding hydrogens is 172 g/mol. The first-order chi connectivity index (χ1) is 5.60. The van der Waals surface area contributed by atoms with Crippen molar-refractivity contribution in [1.29, 1.82) is 0 Å². The molecule has 0 spiro atoms. The van der Waals surface area contributed by atoms with Crippen molar-refractivity contribution < 1.29 is 9.53 Å². The Morgan fingerprint density at radius 3 is 2.17 bits per heavy atom. The van der Waals surface area contributed by atoms with Crippen LogP contribution in [-0.2, 0) is 9.53 Å². The Bertz CT molecular complexity index is 133. The molecule has 0 radical (unpaired) electrons. The Hall–Kier alpha value is -0.180. The molecule has 0 N–H and O–H groups in total. The summed E-state index contributed by atoms with van der Waals surface area (Å²) in [6.45, 7) is 6.14. The van der Waals surface area contributed by atoms with Gasteiger partial charge in [-0.3, -0.25) is 4.79 Å². The number of hydrogen-bond donors (Lipinski definition) is 1. The van der Waals surface area contributed by atoms with E-state index in [0.717, 1.165) is 18.6 Å². The van der Waals surface area contributed by atoms with E-state index in [-0.39, 0.29) is 11.4 Å². The van der Waals surface area contributed by atoms with E-state index in [1.165, 1.54) is 6.92 Å². The van der Waals surface area contributed by atoms with E-state index in [1.807, 2.05) is 0 Å². The molecule has 0 amide bonds. The molecule has 0 fully saturated rings. The Morgan fingerprint density at radius 1 is 1.42 bits per heavy atom. The smallest absolute Gasteiger partial charge is 0.302 e. The number of esters is 1. The zero-order valence-corrected chi connectivity index (χ0v) is 8.99. The third-order valence-corrected chi connectivity index (χ3v) is 3.09. The van der Waals surface area contributed by atoms with E-state index >= 15 is 0 Å². The topological polar surface area (TPSA) is 26.3 Å². The first kappa shape index (κ1) is 11.8. The second-order valence-electron chi connectivity index (χ2n) is 3.15. The first-order valence-corrected chi connectivity index (χ1v) is 4.97. The largest absolute Gasteiger partial charge is 0.465 e. The molecule has 0 unspecified atom stereocenters. The van der Waals surface area contributed by atoms with Crippen LogP contribution >= 0.6 is 12.6 Å². The van der Waals surface area contributed by atoms with Crippen LogP contribution in [0.5, 0.6) is 0 Å². The number of carbonyl (C=O) groups excluding carboxylic acids is 1. The second kappa shape index (κ2) is 5.46. The summed E-state index contributed by atoms with van der Waals surface area (Å²) in [4.78, 5) is 10.6. The van der Waals surface area contributed by atoms with Gasteiger partial charge < -0.3 is 4.74 Å². The van der Waals surface area contributed by atoms with Gasteiger partial charge >= 0.3 is 5.97 Å². The van der Waals surface area contributed by atoms with Gasteiger partial charge in [0.25, 0.3) is 0 Å². The van der Waals surface area contributed by atoms with Crippen LogP contribution in [0.3, 0.4) is 0 Å². The van der Waals surface area contributed by atoms with Crippen LogP contribution in [0, 0.1) is 5.41 Å². The molecule has 0 heterocycles. The van der Waals surface area contributed by atoms with Crippen molar-refractivity contribution in [3.8, 4) is 0 Å². The highest BCUT2D eigenvalue weighted by atomic mass is 32.1. The molecule has 0 aliphatic heterocycles. The van der Waals surface area contributed by atoms with Crippen LogP contribution in [0.4, 0.5) is 0 Å². The van der Waals surface area contributed by atoms with Crippen molar-refractivity contribution >= 4 is 18.6 Å². The van der Waals surface area contributed by atoms with Crippen LogP contribution in [0.25, 0.3) is 0 Å². The summed E-state index contributed by atoms with van der Waals surface area (Å²) in [5.41, 5.74) is 0.0782. The van der Waals surface area contributed by atoms with Gasteiger partial charge in [-0.05, 0) is 18.6 Å². The maximum atomic E-state index is 10.6. The van der Waals surface area contributed by atoms with E-state index in [1.54, 1.807) is 0 Å². The minimum Gasteiger partial charge on any atom is -0.465 e. The summed E-state index contributed by atoms with van der Waals surface area (Å²) >= 11 is 4.27. The molecule has 0 atom stereocenters. The predicted molar refractivity (Wildman–Crippen MR) is 53.5 cm³/mol. The number of ether oxygens (including phenoxy) is 1. The van der Waals surface area contributed by atoms with Gasteiger partial charge in [0.2, 0.25) is 0 Å². The highest BCUT2D eigenvalue weighted by Gasteiger charge is 2.25. The fourth-order valence-electron chi connectivity index (χ4n) is 0.978. The Kier molecular flexibility index (Phi) is 5.38. The van der Waals surface area contributed by atoms with Crippen molar-refractivity contribution in [2.45, 2.75) is 33.6 Å². The quantitative estimate of drug-likeness (QED) is 0.532. The fourth-order valence-corrected chi connectivity index (χ4v) is 1.52. The zero-order chi connectivity index (χ0) is 9.61. The molecule has 0 aliphatic carbocycles. The van der Waals surface area contributed by atoms with E-state index in [0.29, 0.717) is 6.61 Å². The molecular formula is C9H18O2S. The predicted octanol–water partition coefficient (Wildman–Crippen LogP) is 2.29. The Morgan fingerprint density at radius 2 is 1.92 bits per heavy atom. The Balaban J connectivity index is 4.01. The summed E-state index contributed by atoms with van der Waals surface area (Å²) in [6.07, 6.45) is 2.00. The third kappa shape index (κ3) is 3.48. The summed E-state index contributed by atoms with van der Waals surface area (Å²) in [7, 11) is 0. The molecule has 72 valence electrons. The van der Waals surface area contributed by atoms with Crippen LogP contribution in [0.15, 0.2) is 0 Å². The summed E-state index contributed by atoms with van der Waals surface area (Å²) in [5.74, 6) is 0.566. The number of thiol groups is 1. The van der Waals surface area contributed by atoms with E-state index in [2.05, 4.69) is 26.5 Å². The van der Waals surface area contributed by atoms with Gasteiger partial charge in [0, 0.05) is 12.3 Å². The SMILES string of the molecule is CCC(CC)(CS)COC(C)=O. The number of carbonyl (C=O) groups is 1. The lowest BCUT2D eigenvalue weighted by Gasteiger charge is -2.28. The minimum atomic E-state index is -0.206. The van der Waals surface area contributed by atoms with Crippen LogP contribution in [0.1, 0.15) is 33.6 Å². The molecule has 0 saturated carbocycles. The van der Waals surface area contributed by atoms with Gasteiger partial charge in [-0.1, -0.05) is 13.8 Å². The number of rotatable bonds is 5. The lowest BCUT2D eigenvalue weighted by molar-refractivity contribution is -0.144. The lowest BCUT2D eigenvalue weighted by Crippen LogP contribution is -2.28.